The Hall–Kier alpha value is -2.30. The molecule has 0 aliphatic carbocycles. The van der Waals surface area contributed by atoms with Crippen LogP contribution in [0.5, 0.6) is 0 Å². The van der Waals surface area contributed by atoms with E-state index in [0.29, 0.717) is 18.4 Å². The van der Waals surface area contributed by atoms with Crippen LogP contribution in [0.1, 0.15) is 44.0 Å². The van der Waals surface area contributed by atoms with Crippen molar-refractivity contribution in [3.05, 3.63) is 18.0 Å². The molecular weight excluding hydrogens is 366 g/mol. The fourth-order valence-corrected chi connectivity index (χ4v) is 2.86. The first-order valence-electron chi connectivity index (χ1n) is 9.31. The first kappa shape index (κ1) is 22.0. The van der Waals surface area contributed by atoms with Crippen LogP contribution in [0.2, 0.25) is 0 Å². The summed E-state index contributed by atoms with van der Waals surface area (Å²) in [6.45, 7) is 7.90. The lowest BCUT2D eigenvalue weighted by atomic mass is 9.96. The van der Waals surface area contributed by atoms with Crippen LogP contribution in [0.3, 0.4) is 0 Å². The summed E-state index contributed by atoms with van der Waals surface area (Å²) in [4.78, 5) is 33.1. The van der Waals surface area contributed by atoms with E-state index in [1.807, 2.05) is 25.7 Å². The number of nitrogens with one attached hydrogen (secondary N) is 2. The normalized spacial score (nSPS) is 16.6. The largest absolute Gasteiger partial charge is 0.480 e. The van der Waals surface area contributed by atoms with Crippen LogP contribution < -0.4 is 15.7 Å². The predicted molar refractivity (Wildman–Crippen MR) is 101 cm³/mol. The molecule has 10 heteroatoms. The van der Waals surface area contributed by atoms with Crippen molar-refractivity contribution in [3.8, 4) is 0 Å². The molecule has 1 fully saturated rings. The number of rotatable bonds is 8. The second-order valence-corrected chi connectivity index (χ2v) is 7.87. The first-order chi connectivity index (χ1) is 13.2. The molecule has 1 aliphatic heterocycles. The van der Waals surface area contributed by atoms with Crippen molar-refractivity contribution in [3.63, 3.8) is 0 Å². The van der Waals surface area contributed by atoms with E-state index < -0.39 is 17.9 Å². The van der Waals surface area contributed by atoms with E-state index in [1.165, 1.54) is 12.4 Å². The summed E-state index contributed by atoms with van der Waals surface area (Å²) in [5, 5.41) is 21.1. The third-order valence-electron chi connectivity index (χ3n) is 4.53. The maximum absolute atomic E-state index is 11.4. The zero-order chi connectivity index (χ0) is 20.7. The Morgan fingerprint density at radius 3 is 2.39 bits per heavy atom. The number of carboxylic acids is 1. The van der Waals surface area contributed by atoms with Crippen LogP contribution >= 0.6 is 0 Å². The summed E-state index contributed by atoms with van der Waals surface area (Å²) in [6, 6.07) is -0.731. The first-order valence-corrected chi connectivity index (χ1v) is 9.31. The third-order valence-corrected chi connectivity index (χ3v) is 4.53. The van der Waals surface area contributed by atoms with Gasteiger partial charge in [-0.25, -0.2) is 15.4 Å². The molecular formula is C18H29N5O5. The topological polar surface area (TPSA) is 137 Å². The lowest BCUT2D eigenvalue weighted by Gasteiger charge is -2.32. The number of aromatic nitrogens is 2. The molecule has 1 amide bonds. The van der Waals surface area contributed by atoms with Crippen LogP contribution in [0.25, 0.3) is 0 Å². The summed E-state index contributed by atoms with van der Waals surface area (Å²) in [7, 11) is 0. The molecule has 4 N–H and O–H groups in total. The Labute approximate surface area is 164 Å². The summed E-state index contributed by atoms with van der Waals surface area (Å²) < 4.78 is 5.59. The molecule has 10 nitrogen and oxygen atoms in total. The number of piperidine rings is 1. The predicted octanol–water partition coefficient (Wildman–Crippen LogP) is 0.670. The maximum atomic E-state index is 11.4. The van der Waals surface area contributed by atoms with Crippen molar-refractivity contribution in [2.75, 3.05) is 31.1 Å². The third kappa shape index (κ3) is 6.70. The van der Waals surface area contributed by atoms with Crippen molar-refractivity contribution >= 4 is 17.8 Å². The highest BCUT2D eigenvalue weighted by Crippen LogP contribution is 2.20. The number of nitrogens with zero attached hydrogens (tertiary/aromatic N) is 3. The Balaban J connectivity index is 1.79. The number of amides is 1. The number of anilines is 1. The summed E-state index contributed by atoms with van der Waals surface area (Å²) in [5.41, 5.74) is 1.35. The van der Waals surface area contributed by atoms with Crippen LogP contribution in [0.4, 0.5) is 5.95 Å². The SMILES string of the molecule is CC(C)(C)OC[C@H](NCC1CCN(c2ncc(C(=O)NO)cn2)CC1)C(=O)O. The van der Waals surface area contributed by atoms with Crippen LogP contribution in [-0.4, -0.2) is 70.0 Å². The number of carbonyl (C=O) groups is 2. The van der Waals surface area contributed by atoms with Crippen molar-refractivity contribution in [2.24, 2.45) is 5.92 Å². The molecule has 0 spiro atoms. The van der Waals surface area contributed by atoms with Gasteiger partial charge in [-0.15, -0.1) is 0 Å². The minimum absolute atomic E-state index is 0.124. The Morgan fingerprint density at radius 1 is 1.29 bits per heavy atom. The Kier molecular flexibility index (Phi) is 7.67. The molecule has 1 saturated heterocycles. The van der Waals surface area contributed by atoms with Gasteiger partial charge in [-0.3, -0.25) is 14.8 Å². The van der Waals surface area contributed by atoms with Gasteiger partial charge in [0, 0.05) is 25.5 Å². The molecule has 1 aromatic rings. The molecule has 156 valence electrons. The van der Waals surface area contributed by atoms with Gasteiger partial charge in [0.05, 0.1) is 17.8 Å². The number of hydrogen-bond acceptors (Lipinski definition) is 8. The molecule has 0 unspecified atom stereocenters. The van der Waals surface area contributed by atoms with Crippen LogP contribution in [0, 0.1) is 5.92 Å². The highest BCUT2D eigenvalue weighted by atomic mass is 16.5. The van der Waals surface area contributed by atoms with Crippen molar-refractivity contribution < 1.29 is 24.6 Å². The highest BCUT2D eigenvalue weighted by molar-refractivity contribution is 5.92. The summed E-state index contributed by atoms with van der Waals surface area (Å²) in [5.74, 6) is -0.683. The van der Waals surface area contributed by atoms with Crippen molar-refractivity contribution in [1.82, 2.24) is 20.8 Å². The molecule has 2 rings (SSSR count). The molecule has 1 aliphatic rings. The zero-order valence-corrected chi connectivity index (χ0v) is 16.5. The number of ether oxygens (including phenoxy) is 1. The van der Waals surface area contributed by atoms with Gasteiger partial charge in [0.15, 0.2) is 0 Å². The molecule has 0 radical (unpaired) electrons. The van der Waals surface area contributed by atoms with Gasteiger partial charge in [-0.05, 0) is 46.1 Å². The quantitative estimate of drug-likeness (QED) is 0.370. The van der Waals surface area contributed by atoms with Gasteiger partial charge >= 0.3 is 5.97 Å². The fourth-order valence-electron chi connectivity index (χ4n) is 2.86. The summed E-state index contributed by atoms with van der Waals surface area (Å²) >= 11 is 0. The van der Waals surface area contributed by atoms with Crippen molar-refractivity contribution in [2.45, 2.75) is 45.3 Å². The van der Waals surface area contributed by atoms with E-state index in [-0.39, 0.29) is 17.8 Å². The Morgan fingerprint density at radius 2 is 1.89 bits per heavy atom. The molecule has 2 heterocycles. The van der Waals surface area contributed by atoms with E-state index in [2.05, 4.69) is 15.3 Å². The number of carbonyl (C=O) groups excluding carboxylic acids is 1. The second kappa shape index (κ2) is 9.76. The van der Waals surface area contributed by atoms with E-state index in [1.54, 1.807) is 5.48 Å². The van der Waals surface area contributed by atoms with E-state index in [9.17, 15) is 14.7 Å². The fraction of sp³-hybridized carbons (Fsp3) is 0.667. The number of hydroxylamine groups is 1. The van der Waals surface area contributed by atoms with E-state index in [4.69, 9.17) is 9.94 Å². The van der Waals surface area contributed by atoms with Gasteiger partial charge in [-0.2, -0.15) is 0 Å². The van der Waals surface area contributed by atoms with Gasteiger partial charge in [0.2, 0.25) is 5.95 Å². The smallest absolute Gasteiger partial charge is 0.323 e. The second-order valence-electron chi connectivity index (χ2n) is 7.87. The maximum Gasteiger partial charge on any atom is 0.323 e. The monoisotopic (exact) mass is 395 g/mol. The number of aliphatic carboxylic acids is 1. The van der Waals surface area contributed by atoms with Crippen LogP contribution in [0.15, 0.2) is 12.4 Å². The standard InChI is InChI=1S/C18H29N5O5/c1-18(2,3)28-11-14(16(25)26)19-8-12-4-6-23(7-5-12)17-20-9-13(10-21-17)15(24)22-27/h9-10,12,14,19,27H,4-8,11H2,1-3H3,(H,22,24)(H,25,26)/t14-/m0/s1. The molecule has 1 aromatic heterocycles. The number of hydrogen-bond donors (Lipinski definition) is 4. The number of carboxylic acid groups (broad SMARTS) is 1. The average molecular weight is 395 g/mol. The van der Waals surface area contributed by atoms with Crippen LogP contribution in [-0.2, 0) is 9.53 Å². The van der Waals surface area contributed by atoms with Gasteiger partial charge < -0.3 is 20.1 Å². The lowest BCUT2D eigenvalue weighted by molar-refractivity contribution is -0.142. The summed E-state index contributed by atoms with van der Waals surface area (Å²) in [6.07, 6.45) is 4.49. The molecule has 0 saturated carbocycles. The Bertz CT molecular complexity index is 653. The van der Waals surface area contributed by atoms with E-state index in [0.717, 1.165) is 25.9 Å². The average Bonchev–Trinajstić information content (AvgIpc) is 2.67. The van der Waals surface area contributed by atoms with Gasteiger partial charge in [-0.1, -0.05) is 0 Å². The van der Waals surface area contributed by atoms with Gasteiger partial charge in [0.25, 0.3) is 5.91 Å². The molecule has 0 aromatic carbocycles. The minimum atomic E-state index is -0.915. The molecule has 28 heavy (non-hydrogen) atoms. The highest BCUT2D eigenvalue weighted by Gasteiger charge is 2.25. The van der Waals surface area contributed by atoms with Crippen molar-refractivity contribution in [1.29, 1.82) is 0 Å². The zero-order valence-electron chi connectivity index (χ0n) is 16.5. The van der Waals surface area contributed by atoms with E-state index >= 15 is 0 Å². The molecule has 1 atom stereocenters. The lowest BCUT2D eigenvalue weighted by Crippen LogP contribution is -2.46. The molecule has 0 bridgehead atoms. The minimum Gasteiger partial charge on any atom is -0.480 e. The van der Waals surface area contributed by atoms with Gasteiger partial charge in [0.1, 0.15) is 6.04 Å².